The summed E-state index contributed by atoms with van der Waals surface area (Å²) in [5.41, 5.74) is 1.85. The molecule has 20 heavy (non-hydrogen) atoms. The summed E-state index contributed by atoms with van der Waals surface area (Å²) in [6.07, 6.45) is 3.66. The third kappa shape index (κ3) is 3.50. The van der Waals surface area contributed by atoms with Gasteiger partial charge in [-0.2, -0.15) is 0 Å². The fraction of sp³-hybridized carbons (Fsp3) is 0.500. The number of ether oxygens (including phenoxy) is 1. The molecule has 0 saturated heterocycles. The third-order valence-electron chi connectivity index (χ3n) is 4.41. The van der Waals surface area contributed by atoms with Gasteiger partial charge in [0, 0.05) is 11.5 Å². The van der Waals surface area contributed by atoms with E-state index in [-0.39, 0.29) is 5.97 Å². The molecule has 2 nitrogen and oxygen atoms in total. The van der Waals surface area contributed by atoms with Gasteiger partial charge in [-0.3, -0.25) is 0 Å². The summed E-state index contributed by atoms with van der Waals surface area (Å²) in [5.74, 6) is 1.23. The molecule has 2 heteroatoms. The molecule has 1 aromatic rings. The Labute approximate surface area is 121 Å². The van der Waals surface area contributed by atoms with E-state index >= 15 is 0 Å². The molecule has 0 amide bonds. The van der Waals surface area contributed by atoms with Gasteiger partial charge in [0.25, 0.3) is 0 Å². The van der Waals surface area contributed by atoms with Crippen molar-refractivity contribution in [2.24, 2.45) is 11.8 Å². The maximum Gasteiger partial charge on any atom is 0.333 e. The summed E-state index contributed by atoms with van der Waals surface area (Å²) in [6.45, 7) is 8.11. The summed E-state index contributed by atoms with van der Waals surface area (Å²) >= 11 is 0. The lowest BCUT2D eigenvalue weighted by Gasteiger charge is -2.36. The predicted octanol–water partition coefficient (Wildman–Crippen LogP) is 4.33. The van der Waals surface area contributed by atoms with E-state index < -0.39 is 0 Å². The Morgan fingerprint density at radius 2 is 2.00 bits per heavy atom. The van der Waals surface area contributed by atoms with E-state index in [1.165, 1.54) is 24.8 Å². The lowest BCUT2D eigenvalue weighted by molar-refractivity contribution is -0.141. The van der Waals surface area contributed by atoms with E-state index in [4.69, 9.17) is 4.74 Å². The van der Waals surface area contributed by atoms with Crippen LogP contribution in [0.15, 0.2) is 42.5 Å². The largest absolute Gasteiger partial charge is 0.462 e. The third-order valence-corrected chi connectivity index (χ3v) is 4.41. The molecule has 108 valence electrons. The molecule has 1 aliphatic rings. The Morgan fingerprint density at radius 3 is 2.65 bits per heavy atom. The van der Waals surface area contributed by atoms with Gasteiger partial charge in [-0.05, 0) is 30.7 Å². The van der Waals surface area contributed by atoms with E-state index in [2.05, 4.69) is 37.8 Å². The minimum atomic E-state index is -0.269. The van der Waals surface area contributed by atoms with Crippen LogP contribution < -0.4 is 0 Å². The molecule has 1 fully saturated rings. The number of esters is 1. The highest BCUT2D eigenvalue weighted by Crippen LogP contribution is 2.41. The summed E-state index contributed by atoms with van der Waals surface area (Å²) in [6, 6.07) is 10.6. The second-order valence-electron chi connectivity index (χ2n) is 5.97. The van der Waals surface area contributed by atoms with Crippen LogP contribution >= 0.6 is 0 Å². The first-order valence-electron chi connectivity index (χ1n) is 7.47. The second kappa shape index (κ2) is 6.74. The number of hydrogen-bond acceptors (Lipinski definition) is 2. The molecular weight excluding hydrogens is 248 g/mol. The molecule has 0 aromatic heterocycles. The van der Waals surface area contributed by atoms with Crippen molar-refractivity contribution in [3.8, 4) is 0 Å². The summed E-state index contributed by atoms with van der Waals surface area (Å²) in [5, 5.41) is 0. The van der Waals surface area contributed by atoms with Crippen LogP contribution in [0, 0.1) is 11.8 Å². The average Bonchev–Trinajstić information content (AvgIpc) is 2.46. The quantitative estimate of drug-likeness (QED) is 0.602. The van der Waals surface area contributed by atoms with Crippen LogP contribution in [0.25, 0.3) is 0 Å². The van der Waals surface area contributed by atoms with Crippen molar-refractivity contribution >= 4 is 5.97 Å². The zero-order valence-electron chi connectivity index (χ0n) is 12.5. The van der Waals surface area contributed by atoms with Crippen molar-refractivity contribution in [1.29, 1.82) is 0 Å². The summed E-state index contributed by atoms with van der Waals surface area (Å²) < 4.78 is 5.43. The maximum atomic E-state index is 11.6. The minimum Gasteiger partial charge on any atom is -0.462 e. The van der Waals surface area contributed by atoms with Crippen molar-refractivity contribution in [2.75, 3.05) is 6.61 Å². The van der Waals surface area contributed by atoms with Gasteiger partial charge in [-0.1, -0.05) is 56.7 Å². The maximum absolute atomic E-state index is 11.6. The first kappa shape index (κ1) is 14.8. The molecule has 1 aliphatic carbocycles. The topological polar surface area (TPSA) is 26.3 Å². The molecule has 1 aromatic carbocycles. The second-order valence-corrected chi connectivity index (χ2v) is 5.97. The number of rotatable bonds is 4. The average molecular weight is 272 g/mol. The SMILES string of the molecule is C=C(C)C(=O)OCC1C(C)CCCC1c1ccccc1. The molecular formula is C18H24O2. The summed E-state index contributed by atoms with van der Waals surface area (Å²) in [4.78, 5) is 11.6. The fourth-order valence-electron chi connectivity index (χ4n) is 3.17. The van der Waals surface area contributed by atoms with Crippen LogP contribution in [0.3, 0.4) is 0 Å². The van der Waals surface area contributed by atoms with Gasteiger partial charge in [0.2, 0.25) is 0 Å². The zero-order chi connectivity index (χ0) is 14.5. The van der Waals surface area contributed by atoms with Gasteiger partial charge in [0.1, 0.15) is 0 Å². The Morgan fingerprint density at radius 1 is 1.30 bits per heavy atom. The van der Waals surface area contributed by atoms with Crippen LogP contribution in [-0.4, -0.2) is 12.6 Å². The molecule has 0 aliphatic heterocycles. The summed E-state index contributed by atoms with van der Waals surface area (Å²) in [7, 11) is 0. The number of benzene rings is 1. The van der Waals surface area contributed by atoms with E-state index in [0.717, 1.165) is 0 Å². The molecule has 0 N–H and O–H groups in total. The molecule has 0 spiro atoms. The normalized spacial score (nSPS) is 26.0. The van der Waals surface area contributed by atoms with E-state index in [9.17, 15) is 4.79 Å². The lowest BCUT2D eigenvalue weighted by Crippen LogP contribution is -2.30. The van der Waals surface area contributed by atoms with E-state index in [0.29, 0.717) is 29.9 Å². The molecule has 0 bridgehead atoms. The lowest BCUT2D eigenvalue weighted by atomic mass is 9.70. The molecule has 1 saturated carbocycles. The molecule has 0 radical (unpaired) electrons. The van der Waals surface area contributed by atoms with Gasteiger partial charge in [-0.15, -0.1) is 0 Å². The predicted molar refractivity (Wildman–Crippen MR) is 81.5 cm³/mol. The van der Waals surface area contributed by atoms with Crippen LogP contribution in [-0.2, 0) is 9.53 Å². The van der Waals surface area contributed by atoms with Crippen LogP contribution in [0.1, 0.15) is 44.6 Å². The highest BCUT2D eigenvalue weighted by atomic mass is 16.5. The van der Waals surface area contributed by atoms with Crippen molar-refractivity contribution in [2.45, 2.75) is 39.0 Å². The van der Waals surface area contributed by atoms with Crippen molar-refractivity contribution in [1.82, 2.24) is 0 Å². The number of hydrogen-bond donors (Lipinski definition) is 0. The monoisotopic (exact) mass is 272 g/mol. The minimum absolute atomic E-state index is 0.269. The Balaban J connectivity index is 2.08. The number of carbonyl (C=O) groups is 1. The van der Waals surface area contributed by atoms with Crippen LogP contribution in [0.5, 0.6) is 0 Å². The zero-order valence-corrected chi connectivity index (χ0v) is 12.5. The highest BCUT2D eigenvalue weighted by molar-refractivity contribution is 5.86. The van der Waals surface area contributed by atoms with Gasteiger partial charge in [0.05, 0.1) is 6.61 Å². The molecule has 3 atom stereocenters. The van der Waals surface area contributed by atoms with Crippen LogP contribution in [0.4, 0.5) is 0 Å². The van der Waals surface area contributed by atoms with Gasteiger partial charge < -0.3 is 4.74 Å². The van der Waals surface area contributed by atoms with Gasteiger partial charge in [-0.25, -0.2) is 4.79 Å². The van der Waals surface area contributed by atoms with Gasteiger partial charge >= 0.3 is 5.97 Å². The number of carbonyl (C=O) groups excluding carboxylic acids is 1. The standard InChI is InChI=1S/C18H24O2/c1-13(2)18(19)20-12-17-14(3)8-7-11-16(17)15-9-5-4-6-10-15/h4-6,9-10,14,16-17H,1,7-8,11-12H2,2-3H3. The molecule has 3 unspecified atom stereocenters. The van der Waals surface area contributed by atoms with Crippen molar-refractivity contribution in [3.05, 3.63) is 48.0 Å². The smallest absolute Gasteiger partial charge is 0.333 e. The fourth-order valence-corrected chi connectivity index (χ4v) is 3.17. The van der Waals surface area contributed by atoms with Gasteiger partial charge in [0.15, 0.2) is 0 Å². The molecule has 0 heterocycles. The van der Waals surface area contributed by atoms with Crippen molar-refractivity contribution in [3.63, 3.8) is 0 Å². The van der Waals surface area contributed by atoms with E-state index in [1.54, 1.807) is 6.92 Å². The Hall–Kier alpha value is -1.57. The Bertz CT molecular complexity index is 464. The first-order chi connectivity index (χ1) is 9.59. The van der Waals surface area contributed by atoms with E-state index in [1.807, 2.05) is 6.07 Å². The highest BCUT2D eigenvalue weighted by Gasteiger charge is 2.32. The van der Waals surface area contributed by atoms with Crippen molar-refractivity contribution < 1.29 is 9.53 Å². The van der Waals surface area contributed by atoms with Crippen LogP contribution in [0.2, 0.25) is 0 Å². The molecule has 2 rings (SSSR count). The first-order valence-corrected chi connectivity index (χ1v) is 7.47. The Kier molecular flexibility index (Phi) is 4.99.